The summed E-state index contributed by atoms with van der Waals surface area (Å²) in [7, 11) is 0. The Balaban J connectivity index is 1.82. The fourth-order valence-corrected chi connectivity index (χ4v) is 2.68. The fourth-order valence-electron chi connectivity index (χ4n) is 1.79. The van der Waals surface area contributed by atoms with E-state index in [-0.39, 0.29) is 6.10 Å². The minimum Gasteiger partial charge on any atom is -0.393 e. The number of nitrogens with zero attached hydrogens (tertiary/aromatic N) is 1. The second-order valence-corrected chi connectivity index (χ2v) is 5.64. The van der Waals surface area contributed by atoms with Gasteiger partial charge in [-0.25, -0.2) is 4.98 Å². The van der Waals surface area contributed by atoms with Gasteiger partial charge in [-0.05, 0) is 19.4 Å². The third-order valence-corrected chi connectivity index (χ3v) is 4.05. The van der Waals surface area contributed by atoms with Crippen molar-refractivity contribution in [1.82, 2.24) is 10.3 Å². The second-order valence-electron chi connectivity index (χ2n) is 4.53. The Labute approximate surface area is 118 Å². The molecule has 102 valence electrons. The van der Waals surface area contributed by atoms with Crippen LogP contribution in [0.25, 0.3) is 10.6 Å². The molecule has 0 saturated heterocycles. The SMILES string of the molecule is CCC(O)CCNCc1cnc(-c2ccccc2)s1. The predicted molar refractivity (Wildman–Crippen MR) is 80.2 cm³/mol. The van der Waals surface area contributed by atoms with Gasteiger partial charge in [0.1, 0.15) is 5.01 Å². The Kier molecular flexibility index (Phi) is 5.51. The lowest BCUT2D eigenvalue weighted by Gasteiger charge is -2.07. The van der Waals surface area contributed by atoms with Crippen molar-refractivity contribution in [2.75, 3.05) is 6.54 Å². The van der Waals surface area contributed by atoms with E-state index in [4.69, 9.17) is 0 Å². The van der Waals surface area contributed by atoms with Crippen molar-refractivity contribution in [3.05, 3.63) is 41.4 Å². The standard InChI is InChI=1S/C15H20N2OS/c1-2-13(18)8-9-16-10-14-11-17-15(19-14)12-6-4-3-5-7-12/h3-7,11,13,16,18H,2,8-10H2,1H3. The predicted octanol–water partition coefficient (Wildman–Crippen LogP) is 3.06. The van der Waals surface area contributed by atoms with Gasteiger partial charge in [-0.2, -0.15) is 0 Å². The van der Waals surface area contributed by atoms with Gasteiger partial charge in [0.2, 0.25) is 0 Å². The van der Waals surface area contributed by atoms with E-state index in [1.54, 1.807) is 11.3 Å². The maximum atomic E-state index is 9.46. The first-order valence-corrected chi connectivity index (χ1v) is 7.50. The minimum atomic E-state index is -0.186. The van der Waals surface area contributed by atoms with Crippen molar-refractivity contribution in [1.29, 1.82) is 0 Å². The molecule has 4 heteroatoms. The molecule has 1 aromatic carbocycles. The fraction of sp³-hybridized carbons (Fsp3) is 0.400. The van der Waals surface area contributed by atoms with Crippen LogP contribution in [0, 0.1) is 0 Å². The highest BCUT2D eigenvalue weighted by Gasteiger charge is 2.04. The summed E-state index contributed by atoms with van der Waals surface area (Å²) in [5.74, 6) is 0. The molecular formula is C15H20N2OS. The molecule has 0 radical (unpaired) electrons. The molecule has 1 atom stereocenters. The molecule has 0 aliphatic carbocycles. The second kappa shape index (κ2) is 7.38. The topological polar surface area (TPSA) is 45.1 Å². The summed E-state index contributed by atoms with van der Waals surface area (Å²) < 4.78 is 0. The lowest BCUT2D eigenvalue weighted by atomic mass is 10.2. The molecule has 0 amide bonds. The third-order valence-electron chi connectivity index (χ3n) is 3.00. The number of rotatable bonds is 7. The number of hydrogen-bond donors (Lipinski definition) is 2. The molecule has 0 fully saturated rings. The first-order chi connectivity index (χ1) is 9.29. The zero-order chi connectivity index (χ0) is 13.5. The Morgan fingerprint density at radius 3 is 2.84 bits per heavy atom. The van der Waals surface area contributed by atoms with Crippen LogP contribution in [0.2, 0.25) is 0 Å². The number of aliphatic hydroxyl groups is 1. The number of hydrogen-bond acceptors (Lipinski definition) is 4. The quantitative estimate of drug-likeness (QED) is 0.764. The summed E-state index contributed by atoms with van der Waals surface area (Å²) in [6.07, 6.45) is 3.37. The first-order valence-electron chi connectivity index (χ1n) is 6.68. The van der Waals surface area contributed by atoms with Gasteiger partial charge >= 0.3 is 0 Å². The maximum Gasteiger partial charge on any atom is 0.123 e. The molecule has 1 aromatic heterocycles. The van der Waals surface area contributed by atoms with Crippen LogP contribution in [0.3, 0.4) is 0 Å². The molecule has 2 rings (SSSR count). The van der Waals surface area contributed by atoms with Crippen LogP contribution >= 0.6 is 11.3 Å². The van der Waals surface area contributed by atoms with Gasteiger partial charge in [0.05, 0.1) is 6.10 Å². The molecule has 1 heterocycles. The molecule has 0 spiro atoms. The van der Waals surface area contributed by atoms with E-state index < -0.39 is 0 Å². The van der Waals surface area contributed by atoms with Crippen molar-refractivity contribution < 1.29 is 5.11 Å². The molecule has 2 aromatic rings. The Morgan fingerprint density at radius 1 is 1.32 bits per heavy atom. The van der Waals surface area contributed by atoms with Crippen LogP contribution < -0.4 is 5.32 Å². The minimum absolute atomic E-state index is 0.186. The summed E-state index contributed by atoms with van der Waals surface area (Å²) in [4.78, 5) is 5.67. The lowest BCUT2D eigenvalue weighted by Crippen LogP contribution is -2.19. The van der Waals surface area contributed by atoms with Crippen molar-refractivity contribution in [2.45, 2.75) is 32.4 Å². The van der Waals surface area contributed by atoms with Gasteiger partial charge in [-0.1, -0.05) is 37.3 Å². The zero-order valence-electron chi connectivity index (χ0n) is 11.2. The number of benzene rings is 1. The molecule has 0 bridgehead atoms. The molecule has 0 aliphatic rings. The highest BCUT2D eigenvalue weighted by Crippen LogP contribution is 2.24. The van der Waals surface area contributed by atoms with E-state index >= 15 is 0 Å². The Morgan fingerprint density at radius 2 is 2.11 bits per heavy atom. The highest BCUT2D eigenvalue weighted by atomic mass is 32.1. The third kappa shape index (κ3) is 4.42. The largest absolute Gasteiger partial charge is 0.393 e. The average molecular weight is 276 g/mol. The van der Waals surface area contributed by atoms with Crippen LogP contribution in [-0.4, -0.2) is 22.7 Å². The molecule has 2 N–H and O–H groups in total. The lowest BCUT2D eigenvalue weighted by molar-refractivity contribution is 0.160. The van der Waals surface area contributed by atoms with Crippen molar-refractivity contribution in [2.24, 2.45) is 0 Å². The Bertz CT molecular complexity index is 484. The van der Waals surface area contributed by atoms with Crippen LogP contribution in [0.4, 0.5) is 0 Å². The maximum absolute atomic E-state index is 9.46. The normalized spacial score (nSPS) is 12.5. The molecule has 0 aliphatic heterocycles. The van der Waals surface area contributed by atoms with Gasteiger partial charge in [-0.3, -0.25) is 0 Å². The summed E-state index contributed by atoms with van der Waals surface area (Å²) in [6.45, 7) is 3.66. The van der Waals surface area contributed by atoms with Crippen LogP contribution in [0.5, 0.6) is 0 Å². The Hall–Kier alpha value is -1.23. The summed E-state index contributed by atoms with van der Waals surface area (Å²) in [5.41, 5.74) is 1.17. The summed E-state index contributed by atoms with van der Waals surface area (Å²) in [6, 6.07) is 10.2. The van der Waals surface area contributed by atoms with E-state index in [0.717, 1.165) is 30.9 Å². The van der Waals surface area contributed by atoms with E-state index in [9.17, 15) is 5.11 Å². The van der Waals surface area contributed by atoms with E-state index in [1.807, 2.05) is 31.3 Å². The van der Waals surface area contributed by atoms with Crippen LogP contribution in [-0.2, 0) is 6.54 Å². The molecule has 0 saturated carbocycles. The van der Waals surface area contributed by atoms with Gasteiger partial charge in [-0.15, -0.1) is 11.3 Å². The van der Waals surface area contributed by atoms with Gasteiger partial charge in [0, 0.05) is 23.2 Å². The van der Waals surface area contributed by atoms with Gasteiger partial charge < -0.3 is 10.4 Å². The van der Waals surface area contributed by atoms with E-state index in [2.05, 4.69) is 22.4 Å². The number of aliphatic hydroxyl groups excluding tert-OH is 1. The summed E-state index contributed by atoms with van der Waals surface area (Å²) >= 11 is 1.71. The summed E-state index contributed by atoms with van der Waals surface area (Å²) in [5, 5.41) is 13.9. The van der Waals surface area contributed by atoms with Gasteiger partial charge in [0.15, 0.2) is 0 Å². The number of thiazole rings is 1. The van der Waals surface area contributed by atoms with E-state index in [1.165, 1.54) is 10.4 Å². The van der Waals surface area contributed by atoms with Crippen LogP contribution in [0.15, 0.2) is 36.5 Å². The molecule has 3 nitrogen and oxygen atoms in total. The smallest absolute Gasteiger partial charge is 0.123 e. The average Bonchev–Trinajstić information content (AvgIpc) is 2.93. The van der Waals surface area contributed by atoms with Crippen LogP contribution in [0.1, 0.15) is 24.6 Å². The van der Waals surface area contributed by atoms with Gasteiger partial charge in [0.25, 0.3) is 0 Å². The highest BCUT2D eigenvalue weighted by molar-refractivity contribution is 7.15. The molecular weight excluding hydrogens is 256 g/mol. The zero-order valence-corrected chi connectivity index (χ0v) is 12.0. The first kappa shape index (κ1) is 14.2. The van der Waals surface area contributed by atoms with E-state index in [0.29, 0.717) is 0 Å². The van der Waals surface area contributed by atoms with Crippen molar-refractivity contribution in [3.8, 4) is 10.6 Å². The monoisotopic (exact) mass is 276 g/mol. The molecule has 1 unspecified atom stereocenters. The number of aromatic nitrogens is 1. The number of nitrogens with one attached hydrogen (secondary N) is 1. The molecule has 19 heavy (non-hydrogen) atoms. The van der Waals surface area contributed by atoms with Crippen molar-refractivity contribution in [3.63, 3.8) is 0 Å². The van der Waals surface area contributed by atoms with Crippen molar-refractivity contribution >= 4 is 11.3 Å².